The van der Waals surface area contributed by atoms with Crippen LogP contribution in [0, 0.1) is 0 Å². The zero-order chi connectivity index (χ0) is 18.0. The Morgan fingerprint density at radius 1 is 1.24 bits per heavy atom. The molecule has 6 N–H and O–H groups in total. The van der Waals surface area contributed by atoms with Gasteiger partial charge in [-0.05, 0) is 32.2 Å². The third-order valence-corrected chi connectivity index (χ3v) is 5.83. The summed E-state index contributed by atoms with van der Waals surface area (Å²) in [6, 6.07) is 0.466. The Morgan fingerprint density at radius 3 is 2.76 bits per heavy atom. The van der Waals surface area contributed by atoms with E-state index in [4.69, 9.17) is 4.74 Å². The van der Waals surface area contributed by atoms with Gasteiger partial charge in [-0.15, -0.1) is 11.3 Å². The van der Waals surface area contributed by atoms with Gasteiger partial charge in [0, 0.05) is 10.9 Å². The molecule has 1 unspecified atom stereocenters. The maximum absolute atomic E-state index is 10.1. The summed E-state index contributed by atoms with van der Waals surface area (Å²) in [4.78, 5) is 5.79. The monoisotopic (exact) mass is 373 g/mol. The lowest BCUT2D eigenvalue weighted by Gasteiger charge is -2.40. The van der Waals surface area contributed by atoms with E-state index in [1.807, 2.05) is 0 Å². The van der Waals surface area contributed by atoms with Crippen molar-refractivity contribution in [3.8, 4) is 0 Å². The Bertz CT molecular complexity index is 570. The first kappa shape index (κ1) is 19.0. The molecule has 0 amide bonds. The average Bonchev–Trinajstić information content (AvgIpc) is 3.02. The zero-order valence-corrected chi connectivity index (χ0v) is 15.1. The Hall–Kier alpha value is -0.810. The Kier molecular flexibility index (Phi) is 6.26. The third-order valence-electron chi connectivity index (χ3n) is 4.78. The lowest BCUT2D eigenvalue weighted by atomic mass is 9.97. The number of ether oxygens (including phenoxy) is 1. The molecule has 1 saturated heterocycles. The van der Waals surface area contributed by atoms with Gasteiger partial charge in [0.05, 0.1) is 12.3 Å². The lowest BCUT2D eigenvalue weighted by molar-refractivity contribution is -0.221. The number of aryl methyl sites for hydroxylation is 1. The molecule has 2 heterocycles. The summed E-state index contributed by atoms with van der Waals surface area (Å²) in [6.45, 7) is 2.72. The van der Waals surface area contributed by atoms with E-state index in [1.54, 1.807) is 0 Å². The van der Waals surface area contributed by atoms with Crippen LogP contribution in [0.25, 0.3) is 0 Å². The van der Waals surface area contributed by atoms with Gasteiger partial charge in [-0.1, -0.05) is 6.92 Å². The molecule has 1 aliphatic carbocycles. The summed E-state index contributed by atoms with van der Waals surface area (Å²) in [7, 11) is 0. The number of hydrogen-bond donors (Lipinski definition) is 6. The van der Waals surface area contributed by atoms with Crippen molar-refractivity contribution in [3.63, 3.8) is 0 Å². The number of aliphatic hydroxyl groups excluding tert-OH is 4. The number of thiazole rings is 1. The topological polar surface area (TPSA) is 127 Å². The number of fused-ring (bicyclic) bond motifs is 1. The molecule has 0 saturated carbocycles. The maximum atomic E-state index is 10.1. The highest BCUT2D eigenvalue weighted by molar-refractivity contribution is 7.15. The Morgan fingerprint density at radius 2 is 2.04 bits per heavy atom. The predicted octanol–water partition coefficient (Wildman–Crippen LogP) is -0.788. The van der Waals surface area contributed by atoms with E-state index in [9.17, 15) is 20.4 Å². The summed E-state index contributed by atoms with van der Waals surface area (Å²) in [5.41, 5.74) is 1.06. The van der Waals surface area contributed by atoms with Crippen LogP contribution in [0.15, 0.2) is 0 Å². The molecule has 8 nitrogen and oxygen atoms in total. The van der Waals surface area contributed by atoms with Gasteiger partial charge in [-0.25, -0.2) is 4.98 Å². The number of aliphatic hydroxyl groups is 4. The largest absolute Gasteiger partial charge is 0.394 e. The SMILES string of the molecule is CCCN[C@H]1CCc2nc(NC3O[C@H](CO)[C@@H](O)[C@H](O)[C@@H]3O)sc2C1. The van der Waals surface area contributed by atoms with Crippen LogP contribution in [0.3, 0.4) is 0 Å². The van der Waals surface area contributed by atoms with Gasteiger partial charge in [0.25, 0.3) is 0 Å². The van der Waals surface area contributed by atoms with E-state index in [2.05, 4.69) is 22.5 Å². The minimum Gasteiger partial charge on any atom is -0.394 e. The van der Waals surface area contributed by atoms with Crippen molar-refractivity contribution in [3.05, 3.63) is 10.6 Å². The van der Waals surface area contributed by atoms with Crippen molar-refractivity contribution in [1.82, 2.24) is 10.3 Å². The number of rotatable bonds is 6. The highest BCUT2D eigenvalue weighted by Crippen LogP contribution is 2.31. The van der Waals surface area contributed by atoms with E-state index in [0.29, 0.717) is 11.2 Å². The van der Waals surface area contributed by atoms with E-state index in [-0.39, 0.29) is 0 Å². The summed E-state index contributed by atoms with van der Waals surface area (Å²) >= 11 is 1.52. The zero-order valence-electron chi connectivity index (χ0n) is 14.3. The summed E-state index contributed by atoms with van der Waals surface area (Å²) in [5, 5.41) is 46.2. The van der Waals surface area contributed by atoms with Crippen LogP contribution in [-0.4, -0.2) is 75.2 Å². The molecule has 1 aliphatic heterocycles. The molecule has 6 atom stereocenters. The molecular formula is C16H27N3O5S. The first-order valence-corrected chi connectivity index (χ1v) is 9.64. The molecule has 9 heteroatoms. The van der Waals surface area contributed by atoms with Gasteiger partial charge in [0.15, 0.2) is 11.4 Å². The lowest BCUT2D eigenvalue weighted by Crippen LogP contribution is -2.60. The quantitative estimate of drug-likeness (QED) is 0.383. The molecule has 1 aromatic rings. The van der Waals surface area contributed by atoms with Gasteiger partial charge < -0.3 is 35.8 Å². The van der Waals surface area contributed by atoms with Gasteiger partial charge in [-0.2, -0.15) is 0 Å². The number of nitrogens with zero attached hydrogens (tertiary/aromatic N) is 1. The minimum atomic E-state index is -1.39. The molecule has 1 aromatic heterocycles. The summed E-state index contributed by atoms with van der Waals surface area (Å²) < 4.78 is 5.47. The van der Waals surface area contributed by atoms with Gasteiger partial charge in [0.2, 0.25) is 0 Å². The fourth-order valence-corrected chi connectivity index (χ4v) is 4.42. The first-order valence-electron chi connectivity index (χ1n) is 8.82. The molecule has 1 fully saturated rings. The highest BCUT2D eigenvalue weighted by atomic mass is 32.1. The third kappa shape index (κ3) is 4.13. The molecular weight excluding hydrogens is 346 g/mol. The van der Waals surface area contributed by atoms with E-state index < -0.39 is 37.3 Å². The molecule has 2 aliphatic rings. The maximum Gasteiger partial charge on any atom is 0.185 e. The molecule has 0 spiro atoms. The smallest absolute Gasteiger partial charge is 0.185 e. The normalized spacial score (nSPS) is 35.4. The fourth-order valence-electron chi connectivity index (χ4n) is 3.30. The van der Waals surface area contributed by atoms with Crippen molar-refractivity contribution in [2.24, 2.45) is 0 Å². The van der Waals surface area contributed by atoms with E-state index in [1.165, 1.54) is 16.2 Å². The first-order chi connectivity index (χ1) is 12.0. The molecule has 0 aromatic carbocycles. The van der Waals surface area contributed by atoms with Crippen LogP contribution in [0.4, 0.5) is 5.13 Å². The van der Waals surface area contributed by atoms with Crippen LogP contribution < -0.4 is 10.6 Å². The second-order valence-corrected chi connectivity index (χ2v) is 7.76. The highest BCUT2D eigenvalue weighted by Gasteiger charge is 2.43. The summed E-state index contributed by atoms with van der Waals surface area (Å²) in [6.07, 6.45) is -1.91. The van der Waals surface area contributed by atoms with Gasteiger partial charge in [0.1, 0.15) is 24.4 Å². The second kappa shape index (κ2) is 8.26. The van der Waals surface area contributed by atoms with Crippen LogP contribution in [0.2, 0.25) is 0 Å². The average molecular weight is 373 g/mol. The number of hydrogen-bond acceptors (Lipinski definition) is 9. The number of anilines is 1. The van der Waals surface area contributed by atoms with Crippen molar-refractivity contribution in [2.75, 3.05) is 18.5 Å². The van der Waals surface area contributed by atoms with Crippen LogP contribution in [0.1, 0.15) is 30.3 Å². The number of aromatic nitrogens is 1. The predicted molar refractivity (Wildman–Crippen MR) is 93.6 cm³/mol. The fraction of sp³-hybridized carbons (Fsp3) is 0.812. The number of nitrogens with one attached hydrogen (secondary N) is 2. The van der Waals surface area contributed by atoms with Gasteiger partial charge >= 0.3 is 0 Å². The van der Waals surface area contributed by atoms with Crippen molar-refractivity contribution in [1.29, 1.82) is 0 Å². The van der Waals surface area contributed by atoms with Crippen molar-refractivity contribution >= 4 is 16.5 Å². The molecule has 25 heavy (non-hydrogen) atoms. The summed E-state index contributed by atoms with van der Waals surface area (Å²) in [5.74, 6) is 0. The molecule has 3 rings (SSSR count). The molecule has 142 valence electrons. The van der Waals surface area contributed by atoms with Gasteiger partial charge in [-0.3, -0.25) is 0 Å². The molecule has 0 bridgehead atoms. The van der Waals surface area contributed by atoms with Crippen molar-refractivity contribution in [2.45, 2.75) is 69.3 Å². The second-order valence-electron chi connectivity index (χ2n) is 6.68. The minimum absolute atomic E-state index is 0.442. The van der Waals surface area contributed by atoms with E-state index in [0.717, 1.165) is 37.9 Å². The van der Waals surface area contributed by atoms with E-state index >= 15 is 0 Å². The van der Waals surface area contributed by atoms with Crippen LogP contribution >= 0.6 is 11.3 Å². The molecule has 0 radical (unpaired) electrons. The Balaban J connectivity index is 1.65. The van der Waals surface area contributed by atoms with Crippen molar-refractivity contribution < 1.29 is 25.2 Å². The Labute approximate surface area is 150 Å². The standard InChI is InChI=1S/C16H27N3O5S/c1-2-5-17-8-3-4-9-11(6-8)25-16(18-9)19-15-14(23)13(22)12(21)10(7-20)24-15/h8,10,12-15,17,20-23H,2-7H2,1H3,(H,18,19)/t8-,10+,12+,13-,14-,15?/m0/s1. The van der Waals surface area contributed by atoms with Crippen LogP contribution in [-0.2, 0) is 17.6 Å². The van der Waals surface area contributed by atoms with Crippen LogP contribution in [0.5, 0.6) is 0 Å².